The topological polar surface area (TPSA) is 74.6 Å². The second kappa shape index (κ2) is 10.7. The summed E-state index contributed by atoms with van der Waals surface area (Å²) in [5.41, 5.74) is 6.44. The first kappa shape index (κ1) is 35.6. The van der Waals surface area contributed by atoms with Crippen LogP contribution in [0.15, 0.2) is 97.1 Å². The summed E-state index contributed by atoms with van der Waals surface area (Å²) in [7, 11) is 0. The first-order valence-electron chi connectivity index (χ1n) is 23.9. The Hall–Kier alpha value is -8.60. The first-order chi connectivity index (χ1) is 33.6. The van der Waals surface area contributed by atoms with Crippen LogP contribution < -0.4 is 0 Å². The van der Waals surface area contributed by atoms with E-state index < -0.39 is 5.97 Å². The van der Waals surface area contributed by atoms with Gasteiger partial charge in [0, 0.05) is 16.2 Å². The standard InChI is InChI=1S/C64H32O2.CH2O2/c1-22-16-27-12-14-31-29-8-6-10-33-41-26(5)42(64(65)66)49-34-11-7-9-30-32-15-13-28-17-23(2)19-36-38-21-25(4)40-39-24(3)20-37-35(18-22)43(27)47(31)57-50(37)52(39)60-61-53(40)51(38)58(48(32)44(28)36)56(46(30)34)63(61)59(49)54(41)62(60)55(57)45(29)33;2-1-3/h6-21H,1-5H3,(H,65,66);1H,(H,2,3). The van der Waals surface area contributed by atoms with Crippen LogP contribution in [0.3, 0.4) is 0 Å². The lowest BCUT2D eigenvalue weighted by molar-refractivity contribution is -0.122. The largest absolute Gasteiger partial charge is 0.483 e. The highest BCUT2D eigenvalue weighted by Crippen LogP contribution is 2.65. The van der Waals surface area contributed by atoms with Crippen LogP contribution in [0.2, 0.25) is 0 Å². The Balaban J connectivity index is 0.00000127. The van der Waals surface area contributed by atoms with Crippen molar-refractivity contribution in [3.8, 4) is 0 Å². The van der Waals surface area contributed by atoms with Crippen LogP contribution in [-0.4, -0.2) is 22.7 Å². The summed E-state index contributed by atoms with van der Waals surface area (Å²) in [6, 6.07) is 37.7. The van der Waals surface area contributed by atoms with E-state index in [0.29, 0.717) is 5.56 Å². The number of aryl methyl sites for hydroxylation is 5. The molecule has 0 fully saturated rings. The van der Waals surface area contributed by atoms with Gasteiger partial charge in [-0.05, 0) is 240 Å². The second-order valence-electron chi connectivity index (χ2n) is 20.9. The average molecular weight is 879 g/mol. The summed E-state index contributed by atoms with van der Waals surface area (Å²) >= 11 is 0. The van der Waals surface area contributed by atoms with Crippen molar-refractivity contribution in [2.75, 3.05) is 0 Å². The van der Waals surface area contributed by atoms with Crippen LogP contribution >= 0.6 is 0 Å². The van der Waals surface area contributed by atoms with Gasteiger partial charge in [0.2, 0.25) is 0 Å². The molecule has 0 spiro atoms. The quantitative estimate of drug-likeness (QED) is 0.0979. The van der Waals surface area contributed by atoms with Gasteiger partial charge in [-0.2, -0.15) is 0 Å². The Labute approximate surface area is 389 Å². The molecule has 19 aromatic rings. The van der Waals surface area contributed by atoms with Gasteiger partial charge in [-0.15, -0.1) is 0 Å². The lowest BCUT2D eigenvalue weighted by Gasteiger charge is -2.33. The van der Waals surface area contributed by atoms with E-state index in [-0.39, 0.29) is 6.47 Å². The average Bonchev–Trinajstić information content (AvgIpc) is 3.34. The van der Waals surface area contributed by atoms with Crippen molar-refractivity contribution in [3.05, 3.63) is 130 Å². The molecule has 318 valence electrons. The van der Waals surface area contributed by atoms with Gasteiger partial charge >= 0.3 is 5.97 Å². The molecule has 2 N–H and O–H groups in total. The van der Waals surface area contributed by atoms with Gasteiger partial charge in [0.25, 0.3) is 6.47 Å². The van der Waals surface area contributed by atoms with E-state index in [1.54, 1.807) is 0 Å². The number of rotatable bonds is 1. The zero-order valence-corrected chi connectivity index (χ0v) is 38.0. The first-order valence-corrected chi connectivity index (χ1v) is 23.9. The summed E-state index contributed by atoms with van der Waals surface area (Å²) in [6.45, 7) is 11.1. The van der Waals surface area contributed by atoms with Gasteiger partial charge in [-0.1, -0.05) is 97.1 Å². The van der Waals surface area contributed by atoms with Crippen molar-refractivity contribution in [2.24, 2.45) is 0 Å². The lowest BCUT2D eigenvalue weighted by Crippen LogP contribution is -2.08. The van der Waals surface area contributed by atoms with E-state index >= 15 is 0 Å². The third-order valence-electron chi connectivity index (χ3n) is 17.9. The van der Waals surface area contributed by atoms with Gasteiger partial charge in [0.1, 0.15) is 0 Å². The van der Waals surface area contributed by atoms with Crippen molar-refractivity contribution in [1.29, 1.82) is 0 Å². The zero-order chi connectivity index (χ0) is 45.8. The maximum absolute atomic E-state index is 14.3. The minimum atomic E-state index is -0.864. The summed E-state index contributed by atoms with van der Waals surface area (Å²) in [6.07, 6.45) is 0. The minimum absolute atomic E-state index is 0.250. The fourth-order valence-electron chi connectivity index (χ4n) is 16.1. The van der Waals surface area contributed by atoms with Crippen LogP contribution in [0.4, 0.5) is 0 Å². The molecule has 4 heteroatoms. The lowest BCUT2D eigenvalue weighted by atomic mass is 9.69. The van der Waals surface area contributed by atoms with Crippen molar-refractivity contribution in [2.45, 2.75) is 34.6 Å². The zero-order valence-electron chi connectivity index (χ0n) is 38.0. The maximum atomic E-state index is 14.3. The van der Waals surface area contributed by atoms with Crippen molar-refractivity contribution >= 4 is 206 Å². The molecule has 0 aromatic heterocycles. The molecule has 0 saturated carbocycles. The Bertz CT molecular complexity index is 5580. The van der Waals surface area contributed by atoms with E-state index in [4.69, 9.17) is 9.90 Å². The van der Waals surface area contributed by atoms with E-state index in [1.807, 2.05) is 0 Å². The van der Waals surface area contributed by atoms with Gasteiger partial charge in [-0.25, -0.2) is 4.79 Å². The molecular formula is C65H34O4. The Morgan fingerprint density at radius 2 is 0.681 bits per heavy atom. The molecule has 4 nitrogen and oxygen atoms in total. The van der Waals surface area contributed by atoms with E-state index in [1.165, 1.54) is 189 Å². The van der Waals surface area contributed by atoms with Gasteiger partial charge in [-0.3, -0.25) is 4.79 Å². The number of hydrogen-bond donors (Lipinski definition) is 2. The monoisotopic (exact) mass is 878 g/mol. The highest BCUT2D eigenvalue weighted by molar-refractivity contribution is 6.66. The summed E-state index contributed by atoms with van der Waals surface area (Å²) < 4.78 is 0. The third kappa shape index (κ3) is 3.36. The fourth-order valence-corrected chi connectivity index (χ4v) is 16.1. The van der Waals surface area contributed by atoms with Crippen LogP contribution in [0, 0.1) is 34.6 Å². The number of carboxylic acids is 1. The summed E-state index contributed by atoms with van der Waals surface area (Å²) in [5.74, 6) is -0.864. The Kier molecular flexibility index (Phi) is 5.53. The van der Waals surface area contributed by atoms with Gasteiger partial charge in [0.15, 0.2) is 0 Å². The molecule has 0 aliphatic rings. The third-order valence-corrected chi connectivity index (χ3v) is 17.9. The van der Waals surface area contributed by atoms with Gasteiger partial charge < -0.3 is 10.2 Å². The van der Waals surface area contributed by atoms with Crippen molar-refractivity contribution in [1.82, 2.24) is 0 Å². The summed E-state index contributed by atoms with van der Waals surface area (Å²) in [4.78, 5) is 22.7. The number of aromatic carboxylic acids is 1. The molecule has 0 aliphatic heterocycles. The van der Waals surface area contributed by atoms with E-state index in [0.717, 1.165) is 32.5 Å². The van der Waals surface area contributed by atoms with Crippen LogP contribution in [0.1, 0.15) is 38.2 Å². The normalized spacial score (nSPS) is 13.5. The maximum Gasteiger partial charge on any atom is 0.336 e. The van der Waals surface area contributed by atoms with Gasteiger partial charge in [0.05, 0.1) is 5.56 Å². The molecule has 19 rings (SSSR count). The smallest absolute Gasteiger partial charge is 0.336 e. The fraction of sp³-hybridized carbons (Fsp3) is 0.0769. The van der Waals surface area contributed by atoms with Crippen LogP contribution in [0.25, 0.3) is 194 Å². The predicted molar refractivity (Wildman–Crippen MR) is 293 cm³/mol. The number of carbonyl (C=O) groups is 2. The molecule has 0 aliphatic carbocycles. The second-order valence-corrected chi connectivity index (χ2v) is 20.9. The number of carboxylic acid groups (broad SMARTS) is 2. The Morgan fingerprint density at radius 3 is 1.14 bits per heavy atom. The Morgan fingerprint density at radius 1 is 0.348 bits per heavy atom. The molecule has 0 atom stereocenters. The molecule has 0 bridgehead atoms. The number of benzene rings is 19. The molecule has 0 amide bonds. The number of hydrogen-bond acceptors (Lipinski definition) is 2. The molecule has 0 unspecified atom stereocenters. The highest BCUT2D eigenvalue weighted by Gasteiger charge is 2.37. The molecule has 0 saturated heterocycles. The molecular weight excluding hydrogens is 845 g/mol. The molecule has 69 heavy (non-hydrogen) atoms. The molecule has 0 heterocycles. The van der Waals surface area contributed by atoms with Crippen LogP contribution in [0.5, 0.6) is 0 Å². The predicted octanol–water partition coefficient (Wildman–Crippen LogP) is 17.8. The molecule has 19 aromatic carbocycles. The SMILES string of the molecule is Cc1cc2ccc3c4cccc5c6c(C)c(C(=O)O)c7c8cccc9c%10ccc%11cc(C)cc%12c%13cc(C)c%14c%15c(C)cc%16c(c1)c2c3c1c%16c%15c2c(c6c7c3c(c98)c(c%10c%11%12)c%13c%14c32)c1c45.O=CO. The summed E-state index contributed by atoms with van der Waals surface area (Å²) in [5, 5.41) is 64.6. The molecule has 0 radical (unpaired) electrons. The van der Waals surface area contributed by atoms with Crippen LogP contribution in [-0.2, 0) is 4.79 Å². The number of fused-ring (bicyclic) bond motifs is 7. The minimum Gasteiger partial charge on any atom is -0.483 e. The van der Waals surface area contributed by atoms with E-state index in [2.05, 4.69) is 132 Å². The van der Waals surface area contributed by atoms with Crippen molar-refractivity contribution in [3.63, 3.8) is 0 Å². The van der Waals surface area contributed by atoms with E-state index in [9.17, 15) is 9.90 Å². The van der Waals surface area contributed by atoms with Crippen molar-refractivity contribution < 1.29 is 19.8 Å². The highest BCUT2D eigenvalue weighted by atomic mass is 16.4.